The standard InChI is InChI=1S/C16H23BrFN/c1-3-11-4-7-16(19-2)13(8-11)9-12-5-6-14(18)10-15(12)17/h5-6,10-11,13,16,19H,3-4,7-9H2,1-2H3. The molecule has 19 heavy (non-hydrogen) atoms. The van der Waals surface area contributed by atoms with Gasteiger partial charge in [0.15, 0.2) is 0 Å². The third kappa shape index (κ3) is 3.79. The predicted octanol–water partition coefficient (Wildman–Crippen LogP) is 4.55. The molecule has 1 nitrogen and oxygen atoms in total. The Hall–Kier alpha value is -0.410. The molecule has 1 aromatic carbocycles. The summed E-state index contributed by atoms with van der Waals surface area (Å²) in [7, 11) is 2.06. The molecule has 0 saturated heterocycles. The smallest absolute Gasteiger partial charge is 0.124 e. The van der Waals surface area contributed by atoms with E-state index in [9.17, 15) is 4.39 Å². The van der Waals surface area contributed by atoms with Crippen LogP contribution in [0.1, 0.15) is 38.2 Å². The molecular formula is C16H23BrFN. The van der Waals surface area contributed by atoms with Crippen molar-refractivity contribution in [3.8, 4) is 0 Å². The largest absolute Gasteiger partial charge is 0.317 e. The molecule has 0 radical (unpaired) electrons. The van der Waals surface area contributed by atoms with Crippen LogP contribution in [0.25, 0.3) is 0 Å². The highest BCUT2D eigenvalue weighted by atomic mass is 79.9. The van der Waals surface area contributed by atoms with Gasteiger partial charge in [0, 0.05) is 10.5 Å². The Bertz CT molecular complexity index is 421. The van der Waals surface area contributed by atoms with Gasteiger partial charge in [-0.05, 0) is 62.3 Å². The molecule has 1 aromatic rings. The highest BCUT2D eigenvalue weighted by Crippen LogP contribution is 2.34. The van der Waals surface area contributed by atoms with E-state index in [1.54, 1.807) is 12.1 Å². The van der Waals surface area contributed by atoms with E-state index in [1.807, 2.05) is 6.07 Å². The lowest BCUT2D eigenvalue weighted by Crippen LogP contribution is -2.39. The zero-order valence-corrected chi connectivity index (χ0v) is 13.3. The molecular weight excluding hydrogens is 305 g/mol. The van der Waals surface area contributed by atoms with Gasteiger partial charge in [0.2, 0.25) is 0 Å². The Morgan fingerprint density at radius 3 is 2.79 bits per heavy atom. The van der Waals surface area contributed by atoms with Crippen molar-refractivity contribution >= 4 is 15.9 Å². The molecule has 0 bridgehead atoms. The van der Waals surface area contributed by atoms with Crippen molar-refractivity contribution in [3.05, 3.63) is 34.1 Å². The van der Waals surface area contributed by atoms with Gasteiger partial charge in [-0.25, -0.2) is 4.39 Å². The van der Waals surface area contributed by atoms with Gasteiger partial charge >= 0.3 is 0 Å². The van der Waals surface area contributed by atoms with E-state index in [2.05, 4.69) is 35.2 Å². The Balaban J connectivity index is 2.09. The van der Waals surface area contributed by atoms with E-state index < -0.39 is 0 Å². The van der Waals surface area contributed by atoms with Crippen LogP contribution in [-0.4, -0.2) is 13.1 Å². The van der Waals surface area contributed by atoms with Crippen LogP contribution >= 0.6 is 15.9 Å². The first-order valence-electron chi connectivity index (χ1n) is 7.25. The Morgan fingerprint density at radius 1 is 1.37 bits per heavy atom. The number of halogens is 2. The van der Waals surface area contributed by atoms with Crippen LogP contribution in [0.5, 0.6) is 0 Å². The maximum Gasteiger partial charge on any atom is 0.124 e. The first-order chi connectivity index (χ1) is 9.13. The van der Waals surface area contributed by atoms with Gasteiger partial charge in [-0.2, -0.15) is 0 Å². The Kier molecular flexibility index (Phi) is 5.40. The normalized spacial score (nSPS) is 27.5. The summed E-state index contributed by atoms with van der Waals surface area (Å²) in [4.78, 5) is 0. The molecule has 0 spiro atoms. The van der Waals surface area contributed by atoms with E-state index in [0.29, 0.717) is 12.0 Å². The Morgan fingerprint density at radius 2 is 2.16 bits per heavy atom. The van der Waals surface area contributed by atoms with E-state index in [4.69, 9.17) is 0 Å². The number of hydrogen-bond donors (Lipinski definition) is 1. The lowest BCUT2D eigenvalue weighted by Gasteiger charge is -2.36. The average Bonchev–Trinajstić information content (AvgIpc) is 2.41. The first kappa shape index (κ1) is 15.0. The molecule has 2 rings (SSSR count). The van der Waals surface area contributed by atoms with E-state index >= 15 is 0 Å². The first-order valence-corrected chi connectivity index (χ1v) is 8.04. The fourth-order valence-electron chi connectivity index (χ4n) is 3.31. The van der Waals surface area contributed by atoms with Crippen molar-refractivity contribution in [2.75, 3.05) is 7.05 Å². The summed E-state index contributed by atoms with van der Waals surface area (Å²) in [5.74, 6) is 1.34. The Labute approximate surface area is 124 Å². The molecule has 1 fully saturated rings. The molecule has 1 saturated carbocycles. The molecule has 1 aliphatic rings. The summed E-state index contributed by atoms with van der Waals surface area (Å²) < 4.78 is 14.0. The molecule has 3 heteroatoms. The van der Waals surface area contributed by atoms with Crippen LogP contribution in [0.15, 0.2) is 22.7 Å². The van der Waals surface area contributed by atoms with Gasteiger partial charge < -0.3 is 5.32 Å². The van der Waals surface area contributed by atoms with Crippen LogP contribution in [0.3, 0.4) is 0 Å². The van der Waals surface area contributed by atoms with Gasteiger partial charge in [-0.1, -0.05) is 35.3 Å². The average molecular weight is 328 g/mol. The van der Waals surface area contributed by atoms with Crippen LogP contribution < -0.4 is 5.32 Å². The zero-order valence-electron chi connectivity index (χ0n) is 11.8. The third-order valence-electron chi connectivity index (χ3n) is 4.54. The van der Waals surface area contributed by atoms with Crippen molar-refractivity contribution in [3.63, 3.8) is 0 Å². The van der Waals surface area contributed by atoms with Crippen LogP contribution in [0.4, 0.5) is 4.39 Å². The lowest BCUT2D eigenvalue weighted by atomic mass is 9.74. The SMILES string of the molecule is CCC1CCC(NC)C(Cc2ccc(F)cc2Br)C1. The van der Waals surface area contributed by atoms with Crippen molar-refractivity contribution in [1.82, 2.24) is 5.32 Å². The van der Waals surface area contributed by atoms with Crippen LogP contribution in [-0.2, 0) is 6.42 Å². The van der Waals surface area contributed by atoms with Crippen molar-refractivity contribution in [2.45, 2.75) is 45.1 Å². The summed E-state index contributed by atoms with van der Waals surface area (Å²) in [6.45, 7) is 2.29. The minimum absolute atomic E-state index is 0.170. The summed E-state index contributed by atoms with van der Waals surface area (Å²) in [5, 5.41) is 3.46. The molecule has 106 valence electrons. The van der Waals surface area contributed by atoms with Gasteiger partial charge in [0.05, 0.1) is 0 Å². The molecule has 0 aromatic heterocycles. The molecule has 3 unspecified atom stereocenters. The summed E-state index contributed by atoms with van der Waals surface area (Å²) >= 11 is 3.49. The lowest BCUT2D eigenvalue weighted by molar-refractivity contribution is 0.205. The van der Waals surface area contributed by atoms with Gasteiger partial charge in [-0.3, -0.25) is 0 Å². The number of benzene rings is 1. The fraction of sp³-hybridized carbons (Fsp3) is 0.625. The molecule has 1 N–H and O–H groups in total. The second-order valence-corrected chi connectivity index (χ2v) is 6.54. The summed E-state index contributed by atoms with van der Waals surface area (Å²) in [5.41, 5.74) is 1.23. The topological polar surface area (TPSA) is 12.0 Å². The van der Waals surface area contributed by atoms with Gasteiger partial charge in [0.1, 0.15) is 5.82 Å². The molecule has 0 aliphatic heterocycles. The van der Waals surface area contributed by atoms with E-state index in [-0.39, 0.29) is 5.82 Å². The van der Waals surface area contributed by atoms with Crippen LogP contribution in [0, 0.1) is 17.7 Å². The summed E-state index contributed by atoms with van der Waals surface area (Å²) in [6.07, 6.45) is 6.19. The molecule has 0 amide bonds. The van der Waals surface area contributed by atoms with E-state index in [0.717, 1.165) is 16.8 Å². The third-order valence-corrected chi connectivity index (χ3v) is 5.27. The second-order valence-electron chi connectivity index (χ2n) is 5.68. The van der Waals surface area contributed by atoms with Gasteiger partial charge in [0.25, 0.3) is 0 Å². The highest BCUT2D eigenvalue weighted by Gasteiger charge is 2.29. The maximum atomic E-state index is 13.1. The quantitative estimate of drug-likeness (QED) is 0.855. The van der Waals surface area contributed by atoms with Crippen molar-refractivity contribution in [1.29, 1.82) is 0 Å². The maximum absolute atomic E-state index is 13.1. The highest BCUT2D eigenvalue weighted by molar-refractivity contribution is 9.10. The summed E-state index contributed by atoms with van der Waals surface area (Å²) in [6, 6.07) is 5.65. The molecule has 1 aliphatic carbocycles. The van der Waals surface area contributed by atoms with E-state index in [1.165, 1.54) is 31.2 Å². The molecule has 0 heterocycles. The minimum Gasteiger partial charge on any atom is -0.317 e. The predicted molar refractivity (Wildman–Crippen MR) is 81.8 cm³/mol. The van der Waals surface area contributed by atoms with Crippen molar-refractivity contribution < 1.29 is 4.39 Å². The number of nitrogens with one attached hydrogen (secondary N) is 1. The zero-order chi connectivity index (χ0) is 13.8. The number of hydrogen-bond acceptors (Lipinski definition) is 1. The molecule has 3 atom stereocenters. The second kappa shape index (κ2) is 6.85. The minimum atomic E-state index is -0.170. The van der Waals surface area contributed by atoms with Gasteiger partial charge in [-0.15, -0.1) is 0 Å². The van der Waals surface area contributed by atoms with Crippen LogP contribution in [0.2, 0.25) is 0 Å². The fourth-order valence-corrected chi connectivity index (χ4v) is 3.82. The number of rotatable bonds is 4. The monoisotopic (exact) mass is 327 g/mol. The van der Waals surface area contributed by atoms with Crippen molar-refractivity contribution in [2.24, 2.45) is 11.8 Å².